The SMILES string of the molecule is Cn1nc(-c2ccc3c(c2)C[C@@H]2CC[C@H](C3)[C@H]2NS(=O)(=O)NC2CC2)cc1-c1ccc(F)cc1. The number of nitrogens with zero attached hydrogens (tertiary/aromatic N) is 2. The maximum absolute atomic E-state index is 13.3. The van der Waals surface area contributed by atoms with E-state index in [1.807, 2.05) is 17.8 Å². The van der Waals surface area contributed by atoms with Crippen LogP contribution < -0.4 is 9.44 Å². The van der Waals surface area contributed by atoms with Crippen molar-refractivity contribution in [3.8, 4) is 22.5 Å². The molecular weight excluding hydrogens is 451 g/mol. The lowest BCUT2D eigenvalue weighted by Crippen LogP contribution is -2.47. The Morgan fingerprint density at radius 2 is 1.56 bits per heavy atom. The predicted octanol–water partition coefficient (Wildman–Crippen LogP) is 3.97. The molecule has 0 unspecified atom stereocenters. The topological polar surface area (TPSA) is 76.0 Å². The van der Waals surface area contributed by atoms with Crippen LogP contribution in [-0.2, 0) is 30.1 Å². The molecule has 178 valence electrons. The quantitative estimate of drug-likeness (QED) is 0.561. The van der Waals surface area contributed by atoms with E-state index in [-0.39, 0.29) is 17.9 Å². The molecule has 3 atom stereocenters. The van der Waals surface area contributed by atoms with Crippen LogP contribution >= 0.6 is 0 Å². The zero-order valence-electron chi connectivity index (χ0n) is 19.2. The van der Waals surface area contributed by atoms with Gasteiger partial charge in [-0.3, -0.25) is 4.68 Å². The Balaban J connectivity index is 1.26. The fourth-order valence-electron chi connectivity index (χ4n) is 5.69. The van der Waals surface area contributed by atoms with Crippen molar-refractivity contribution in [1.29, 1.82) is 0 Å². The van der Waals surface area contributed by atoms with Gasteiger partial charge in [0.1, 0.15) is 5.82 Å². The van der Waals surface area contributed by atoms with E-state index in [0.717, 1.165) is 61.0 Å². The van der Waals surface area contributed by atoms with E-state index in [1.54, 1.807) is 12.1 Å². The number of benzene rings is 2. The van der Waals surface area contributed by atoms with Gasteiger partial charge in [-0.1, -0.05) is 12.1 Å². The Morgan fingerprint density at radius 3 is 2.26 bits per heavy atom. The van der Waals surface area contributed by atoms with Gasteiger partial charge in [-0.15, -0.1) is 0 Å². The molecule has 0 saturated heterocycles. The van der Waals surface area contributed by atoms with Crippen LogP contribution in [0.1, 0.15) is 36.8 Å². The molecule has 8 heteroatoms. The van der Waals surface area contributed by atoms with Gasteiger partial charge in [0, 0.05) is 24.7 Å². The standard InChI is InChI=1S/C26H29FN4O2S/c1-31-25(16-6-8-22(27)9-7-16)15-24(28-31)18-3-2-17-12-19-4-5-20(14-21(17)13-18)26(19)30-34(32,33)29-23-10-11-23/h2-3,6-9,13,15,19-20,23,26,29-30H,4-5,10-12,14H2,1H3/t19-,20+,26-/m1/s1. The highest BCUT2D eigenvalue weighted by Crippen LogP contribution is 2.41. The molecule has 0 spiro atoms. The summed E-state index contributed by atoms with van der Waals surface area (Å²) >= 11 is 0. The van der Waals surface area contributed by atoms with Gasteiger partial charge in [0.15, 0.2) is 0 Å². The van der Waals surface area contributed by atoms with Crippen molar-refractivity contribution < 1.29 is 12.8 Å². The van der Waals surface area contributed by atoms with Crippen LogP contribution in [0, 0.1) is 17.7 Å². The summed E-state index contributed by atoms with van der Waals surface area (Å²) in [6.07, 6.45) is 5.73. The highest BCUT2D eigenvalue weighted by atomic mass is 32.2. The molecule has 1 aromatic heterocycles. The normalized spacial score (nSPS) is 24.1. The zero-order valence-corrected chi connectivity index (χ0v) is 20.0. The Labute approximate surface area is 199 Å². The number of hydrogen-bond acceptors (Lipinski definition) is 3. The predicted molar refractivity (Wildman–Crippen MR) is 130 cm³/mol. The largest absolute Gasteiger partial charge is 0.277 e. The first kappa shape index (κ1) is 21.9. The molecule has 6 nitrogen and oxygen atoms in total. The molecule has 34 heavy (non-hydrogen) atoms. The lowest BCUT2D eigenvalue weighted by Gasteiger charge is -2.23. The van der Waals surface area contributed by atoms with E-state index in [1.165, 1.54) is 23.3 Å². The minimum absolute atomic E-state index is 0.0213. The second-order valence-corrected chi connectivity index (χ2v) is 11.6. The minimum Gasteiger partial charge on any atom is -0.267 e. The Hall–Kier alpha value is -2.55. The lowest BCUT2D eigenvalue weighted by molar-refractivity contribution is 0.384. The molecule has 3 aliphatic rings. The molecule has 1 heterocycles. The number of aromatic nitrogens is 2. The third-order valence-corrected chi connectivity index (χ3v) is 8.83. The molecule has 3 aliphatic carbocycles. The molecule has 0 amide bonds. The third-order valence-electron chi connectivity index (χ3n) is 7.60. The summed E-state index contributed by atoms with van der Waals surface area (Å²) in [5, 5.41) is 4.72. The van der Waals surface area contributed by atoms with Crippen molar-refractivity contribution in [2.24, 2.45) is 18.9 Å². The Kier molecular flexibility index (Phi) is 5.35. The summed E-state index contributed by atoms with van der Waals surface area (Å²) in [6.45, 7) is 0. The Morgan fingerprint density at radius 1 is 0.882 bits per heavy atom. The zero-order chi connectivity index (χ0) is 23.4. The van der Waals surface area contributed by atoms with Gasteiger partial charge in [-0.2, -0.15) is 23.0 Å². The van der Waals surface area contributed by atoms with Crippen LogP contribution in [0.2, 0.25) is 0 Å². The fourth-order valence-corrected chi connectivity index (χ4v) is 7.18. The van der Waals surface area contributed by atoms with Gasteiger partial charge in [-0.25, -0.2) is 4.39 Å². The van der Waals surface area contributed by atoms with Crippen LogP contribution in [0.15, 0.2) is 48.5 Å². The van der Waals surface area contributed by atoms with Crippen LogP contribution in [-0.4, -0.2) is 30.3 Å². The van der Waals surface area contributed by atoms with E-state index in [4.69, 9.17) is 5.10 Å². The lowest BCUT2D eigenvalue weighted by atomic mass is 9.91. The van der Waals surface area contributed by atoms with Crippen LogP contribution in [0.3, 0.4) is 0 Å². The number of aryl methyl sites for hydroxylation is 1. The van der Waals surface area contributed by atoms with E-state index in [0.29, 0.717) is 11.8 Å². The molecule has 6 rings (SSSR count). The van der Waals surface area contributed by atoms with Crippen molar-refractivity contribution in [2.45, 2.75) is 50.6 Å². The van der Waals surface area contributed by atoms with E-state index in [2.05, 4.69) is 27.6 Å². The summed E-state index contributed by atoms with van der Waals surface area (Å²) in [7, 11) is -1.57. The first-order chi connectivity index (χ1) is 16.3. The van der Waals surface area contributed by atoms with Crippen molar-refractivity contribution in [3.05, 3.63) is 65.5 Å². The molecule has 0 aliphatic heterocycles. The first-order valence-corrected chi connectivity index (χ1v) is 13.5. The molecule has 2 saturated carbocycles. The van der Waals surface area contributed by atoms with Crippen LogP contribution in [0.4, 0.5) is 4.39 Å². The maximum Gasteiger partial charge on any atom is 0.277 e. The molecule has 2 N–H and O–H groups in total. The number of halogens is 1. The highest BCUT2D eigenvalue weighted by molar-refractivity contribution is 7.87. The minimum atomic E-state index is -3.47. The number of nitrogens with one attached hydrogen (secondary N) is 2. The summed E-state index contributed by atoms with van der Waals surface area (Å²) < 4.78 is 46.2. The smallest absolute Gasteiger partial charge is 0.267 e. The van der Waals surface area contributed by atoms with Crippen molar-refractivity contribution >= 4 is 10.2 Å². The number of rotatable bonds is 6. The molecular formula is C26H29FN4O2S. The summed E-state index contributed by atoms with van der Waals surface area (Å²) in [5.74, 6) is 0.374. The van der Waals surface area contributed by atoms with Crippen LogP contribution in [0.25, 0.3) is 22.5 Å². The van der Waals surface area contributed by atoms with Crippen molar-refractivity contribution in [3.63, 3.8) is 0 Å². The van der Waals surface area contributed by atoms with E-state index in [9.17, 15) is 12.8 Å². The molecule has 2 fully saturated rings. The van der Waals surface area contributed by atoms with E-state index < -0.39 is 10.2 Å². The van der Waals surface area contributed by atoms with Gasteiger partial charge >= 0.3 is 0 Å². The van der Waals surface area contributed by atoms with Gasteiger partial charge in [0.05, 0.1) is 11.4 Å². The van der Waals surface area contributed by atoms with Gasteiger partial charge in [0.2, 0.25) is 0 Å². The maximum atomic E-state index is 13.3. The third kappa shape index (κ3) is 4.30. The molecule has 0 radical (unpaired) electrons. The van der Waals surface area contributed by atoms with Gasteiger partial charge in [-0.05, 0) is 103 Å². The summed E-state index contributed by atoms with van der Waals surface area (Å²) in [6, 6.07) is 15.1. The summed E-state index contributed by atoms with van der Waals surface area (Å²) in [4.78, 5) is 0. The summed E-state index contributed by atoms with van der Waals surface area (Å²) in [5.41, 5.74) is 6.38. The number of fused-ring (bicyclic) bond motifs is 3. The fraction of sp³-hybridized carbons (Fsp3) is 0.423. The second-order valence-electron chi connectivity index (χ2n) is 10.1. The second kappa shape index (κ2) is 8.29. The highest BCUT2D eigenvalue weighted by Gasteiger charge is 2.41. The van der Waals surface area contributed by atoms with Crippen LogP contribution in [0.5, 0.6) is 0 Å². The molecule has 3 aromatic rings. The first-order valence-electron chi connectivity index (χ1n) is 12.1. The van der Waals surface area contributed by atoms with Gasteiger partial charge in [0.25, 0.3) is 10.2 Å². The van der Waals surface area contributed by atoms with Crippen molar-refractivity contribution in [2.75, 3.05) is 0 Å². The molecule has 2 bridgehead atoms. The Bertz CT molecular complexity index is 1330. The van der Waals surface area contributed by atoms with E-state index >= 15 is 0 Å². The number of hydrogen-bond donors (Lipinski definition) is 2. The average Bonchev–Trinajstić information content (AvgIpc) is 3.43. The van der Waals surface area contributed by atoms with Crippen molar-refractivity contribution in [1.82, 2.24) is 19.2 Å². The van der Waals surface area contributed by atoms with Gasteiger partial charge < -0.3 is 0 Å². The molecule has 2 aromatic carbocycles. The monoisotopic (exact) mass is 480 g/mol. The average molecular weight is 481 g/mol.